The van der Waals surface area contributed by atoms with Gasteiger partial charge in [0.05, 0.1) is 18.8 Å². The Hall–Kier alpha value is -3.32. The van der Waals surface area contributed by atoms with Crippen molar-refractivity contribution in [1.82, 2.24) is 25.3 Å². The molecule has 1 saturated heterocycles. The summed E-state index contributed by atoms with van der Waals surface area (Å²) in [7, 11) is 0. The van der Waals surface area contributed by atoms with E-state index in [9.17, 15) is 4.79 Å². The number of H-pyrrole nitrogens is 1. The molecule has 2 N–H and O–H groups in total. The molecule has 0 aliphatic carbocycles. The summed E-state index contributed by atoms with van der Waals surface area (Å²) in [6, 6.07) is 17.1. The zero-order valence-electron chi connectivity index (χ0n) is 19.4. The minimum atomic E-state index is 0.0340. The third-order valence-corrected chi connectivity index (χ3v) is 7.27. The maximum atomic E-state index is 13.2. The van der Waals surface area contributed by atoms with E-state index < -0.39 is 0 Å². The summed E-state index contributed by atoms with van der Waals surface area (Å²) in [5, 5.41) is 11.2. The molecule has 3 aliphatic heterocycles. The molecule has 34 heavy (non-hydrogen) atoms. The predicted molar refractivity (Wildman–Crippen MR) is 131 cm³/mol. The summed E-state index contributed by atoms with van der Waals surface area (Å²) in [6.45, 7) is 4.95. The number of carbonyl (C=O) groups excluding carboxylic acids is 1. The molecule has 2 amide bonds. The average molecular weight is 458 g/mol. The smallest absolute Gasteiger partial charge is 0.317 e. The van der Waals surface area contributed by atoms with Gasteiger partial charge in [-0.3, -0.25) is 10.00 Å². The third-order valence-electron chi connectivity index (χ3n) is 7.27. The van der Waals surface area contributed by atoms with Crippen molar-refractivity contribution in [2.45, 2.75) is 44.8 Å². The van der Waals surface area contributed by atoms with Crippen LogP contribution >= 0.6 is 0 Å². The first-order valence-corrected chi connectivity index (χ1v) is 12.4. The molecule has 176 valence electrons. The topological polar surface area (TPSA) is 73.5 Å². The Morgan fingerprint density at radius 2 is 2.06 bits per heavy atom. The minimum Gasteiger partial charge on any atom is -0.493 e. The number of hydrogen-bond acceptors (Lipinski definition) is 4. The number of rotatable bonds is 4. The van der Waals surface area contributed by atoms with Crippen LogP contribution in [-0.4, -0.2) is 58.3 Å². The van der Waals surface area contributed by atoms with Crippen molar-refractivity contribution in [1.29, 1.82) is 0 Å². The van der Waals surface area contributed by atoms with Gasteiger partial charge in [-0.15, -0.1) is 0 Å². The normalized spacial score (nSPS) is 19.9. The van der Waals surface area contributed by atoms with Crippen molar-refractivity contribution in [3.8, 4) is 17.0 Å². The monoisotopic (exact) mass is 457 g/mol. The quantitative estimate of drug-likeness (QED) is 0.626. The molecule has 0 spiro atoms. The van der Waals surface area contributed by atoms with Crippen molar-refractivity contribution < 1.29 is 9.53 Å². The van der Waals surface area contributed by atoms with Crippen LogP contribution in [0.1, 0.15) is 35.2 Å². The number of aromatic amines is 1. The van der Waals surface area contributed by atoms with E-state index in [2.05, 4.69) is 62.9 Å². The molecule has 1 fully saturated rings. The first-order valence-electron chi connectivity index (χ1n) is 12.4. The Kier molecular flexibility index (Phi) is 5.71. The van der Waals surface area contributed by atoms with Gasteiger partial charge >= 0.3 is 6.03 Å². The van der Waals surface area contributed by atoms with Crippen LogP contribution in [0.15, 0.2) is 48.5 Å². The molecule has 1 aromatic heterocycles. The molecular formula is C27H31N5O2. The predicted octanol–water partition coefficient (Wildman–Crippen LogP) is 3.74. The van der Waals surface area contributed by atoms with E-state index in [1.54, 1.807) is 0 Å². The highest BCUT2D eigenvalue weighted by molar-refractivity contribution is 5.76. The number of carbonyl (C=O) groups is 1. The van der Waals surface area contributed by atoms with Gasteiger partial charge in [0.15, 0.2) is 0 Å². The first kappa shape index (κ1) is 21.2. The Labute approximate surface area is 200 Å². The zero-order chi connectivity index (χ0) is 22.9. The second kappa shape index (κ2) is 9.14. The molecule has 0 bridgehead atoms. The molecule has 2 aromatic carbocycles. The fourth-order valence-corrected chi connectivity index (χ4v) is 5.47. The van der Waals surface area contributed by atoms with Crippen LogP contribution in [0, 0.1) is 0 Å². The van der Waals surface area contributed by atoms with Crippen molar-refractivity contribution in [2.75, 3.05) is 26.2 Å². The van der Waals surface area contributed by atoms with E-state index >= 15 is 0 Å². The van der Waals surface area contributed by atoms with Crippen LogP contribution in [0.25, 0.3) is 11.3 Å². The van der Waals surface area contributed by atoms with Crippen LogP contribution in [0.3, 0.4) is 0 Å². The van der Waals surface area contributed by atoms with Crippen LogP contribution in [0.2, 0.25) is 0 Å². The highest BCUT2D eigenvalue weighted by atomic mass is 16.5. The second-order valence-corrected chi connectivity index (χ2v) is 9.63. The SMILES string of the molecule is O=C(N[C@@H]1CCCN(Cc2ccccc2)C1)N1CCc2[nH]nc(-c3ccc4c(c3)CCO4)c2C1. The third kappa shape index (κ3) is 4.28. The number of urea groups is 1. The first-order chi connectivity index (χ1) is 16.7. The van der Waals surface area contributed by atoms with E-state index in [1.165, 1.54) is 11.1 Å². The van der Waals surface area contributed by atoms with Crippen LogP contribution in [-0.2, 0) is 25.9 Å². The molecule has 4 heterocycles. The van der Waals surface area contributed by atoms with Gasteiger partial charge in [-0.2, -0.15) is 5.10 Å². The maximum absolute atomic E-state index is 13.2. The van der Waals surface area contributed by atoms with Crippen molar-refractivity contribution >= 4 is 6.03 Å². The summed E-state index contributed by atoms with van der Waals surface area (Å²) in [6.07, 6.45) is 3.88. The van der Waals surface area contributed by atoms with Crippen LogP contribution in [0.5, 0.6) is 5.75 Å². The summed E-state index contributed by atoms with van der Waals surface area (Å²) < 4.78 is 5.65. The van der Waals surface area contributed by atoms with E-state index in [0.29, 0.717) is 13.1 Å². The van der Waals surface area contributed by atoms with Gasteiger partial charge < -0.3 is 15.0 Å². The lowest BCUT2D eigenvalue weighted by Crippen LogP contribution is -2.52. The van der Waals surface area contributed by atoms with E-state index in [4.69, 9.17) is 4.74 Å². The number of piperidine rings is 1. The summed E-state index contributed by atoms with van der Waals surface area (Å²) >= 11 is 0. The molecular weight excluding hydrogens is 426 g/mol. The number of aromatic nitrogens is 2. The van der Waals surface area contributed by atoms with Crippen molar-refractivity contribution in [3.05, 3.63) is 70.9 Å². The molecule has 1 atom stereocenters. The highest BCUT2D eigenvalue weighted by Gasteiger charge is 2.29. The molecule has 0 radical (unpaired) electrons. The fraction of sp³-hybridized carbons (Fsp3) is 0.407. The average Bonchev–Trinajstić information content (AvgIpc) is 3.51. The van der Waals surface area contributed by atoms with Gasteiger partial charge in [0.1, 0.15) is 5.75 Å². The van der Waals surface area contributed by atoms with Crippen LogP contribution in [0.4, 0.5) is 4.79 Å². The van der Waals surface area contributed by atoms with Gasteiger partial charge in [-0.1, -0.05) is 30.3 Å². The number of amides is 2. The Morgan fingerprint density at radius 3 is 2.97 bits per heavy atom. The van der Waals surface area contributed by atoms with Gasteiger partial charge in [-0.25, -0.2) is 4.79 Å². The number of ether oxygens (including phenoxy) is 1. The Morgan fingerprint density at radius 1 is 1.15 bits per heavy atom. The van der Waals surface area contributed by atoms with Crippen LogP contribution < -0.4 is 10.1 Å². The van der Waals surface area contributed by atoms with E-state index in [0.717, 1.165) is 80.2 Å². The Balaban J connectivity index is 1.11. The maximum Gasteiger partial charge on any atom is 0.317 e. The number of hydrogen-bond donors (Lipinski definition) is 2. The molecule has 3 aliphatic rings. The van der Waals surface area contributed by atoms with Gasteiger partial charge in [0.2, 0.25) is 0 Å². The number of nitrogens with one attached hydrogen (secondary N) is 2. The van der Waals surface area contributed by atoms with Crippen molar-refractivity contribution in [3.63, 3.8) is 0 Å². The summed E-state index contributed by atoms with van der Waals surface area (Å²) in [5.74, 6) is 0.975. The lowest BCUT2D eigenvalue weighted by atomic mass is 9.99. The molecule has 3 aromatic rings. The zero-order valence-corrected chi connectivity index (χ0v) is 19.4. The highest BCUT2D eigenvalue weighted by Crippen LogP contribution is 2.33. The number of likely N-dealkylation sites (tertiary alicyclic amines) is 1. The summed E-state index contributed by atoms with van der Waals surface area (Å²) in [5.41, 5.74) is 6.87. The number of nitrogens with zero attached hydrogens (tertiary/aromatic N) is 3. The minimum absolute atomic E-state index is 0.0340. The molecule has 6 rings (SSSR count). The Bertz CT molecular complexity index is 1180. The summed E-state index contributed by atoms with van der Waals surface area (Å²) in [4.78, 5) is 17.6. The van der Waals surface area contributed by atoms with Gasteiger partial charge in [0, 0.05) is 55.3 Å². The lowest BCUT2D eigenvalue weighted by molar-refractivity contribution is 0.160. The number of fused-ring (bicyclic) bond motifs is 2. The van der Waals surface area contributed by atoms with Gasteiger partial charge in [-0.05, 0) is 48.7 Å². The largest absolute Gasteiger partial charge is 0.493 e. The molecule has 0 unspecified atom stereocenters. The van der Waals surface area contributed by atoms with E-state index in [1.807, 2.05) is 11.0 Å². The lowest BCUT2D eigenvalue weighted by Gasteiger charge is -2.35. The van der Waals surface area contributed by atoms with Gasteiger partial charge in [0.25, 0.3) is 0 Å². The fourth-order valence-electron chi connectivity index (χ4n) is 5.47. The van der Waals surface area contributed by atoms with E-state index in [-0.39, 0.29) is 12.1 Å². The molecule has 0 saturated carbocycles. The number of benzene rings is 2. The van der Waals surface area contributed by atoms with Crippen molar-refractivity contribution in [2.24, 2.45) is 0 Å². The molecule has 7 nitrogen and oxygen atoms in total. The molecule has 7 heteroatoms. The standard InChI is InChI=1S/C27H31N5O2/c33-27(28-22-7-4-12-31(17-22)16-19-5-2-1-3-6-19)32-13-10-24-23(18-32)26(30-29-24)21-8-9-25-20(15-21)11-14-34-25/h1-3,5-6,8-9,15,22H,4,7,10-14,16-18H2,(H,28,33)(H,29,30)/t22-/m1/s1. The second-order valence-electron chi connectivity index (χ2n) is 9.63.